The summed E-state index contributed by atoms with van der Waals surface area (Å²) in [7, 11) is 1.83. The maximum absolute atomic E-state index is 12.1. The highest BCUT2D eigenvalue weighted by Gasteiger charge is 2.09. The summed E-state index contributed by atoms with van der Waals surface area (Å²) < 4.78 is 0. The Morgan fingerprint density at radius 2 is 1.95 bits per heavy atom. The van der Waals surface area contributed by atoms with Crippen LogP contribution in [-0.2, 0) is 17.6 Å². The van der Waals surface area contributed by atoms with Crippen molar-refractivity contribution in [2.45, 2.75) is 12.8 Å². The van der Waals surface area contributed by atoms with Crippen LogP contribution in [0.3, 0.4) is 0 Å². The van der Waals surface area contributed by atoms with E-state index in [2.05, 4.69) is 4.98 Å². The first-order valence-electron chi connectivity index (χ1n) is 6.62. The largest absolute Gasteiger partial charge is 0.399 e. The van der Waals surface area contributed by atoms with Crippen molar-refractivity contribution in [3.05, 3.63) is 59.9 Å². The Kier molecular flexibility index (Phi) is 4.71. The van der Waals surface area contributed by atoms with Gasteiger partial charge >= 0.3 is 0 Å². The monoisotopic (exact) mass is 269 g/mol. The lowest BCUT2D eigenvalue weighted by Gasteiger charge is -2.17. The Bertz CT molecular complexity index is 569. The van der Waals surface area contributed by atoms with Gasteiger partial charge in [-0.25, -0.2) is 0 Å². The minimum Gasteiger partial charge on any atom is -0.399 e. The predicted molar refractivity (Wildman–Crippen MR) is 80.1 cm³/mol. The summed E-state index contributed by atoms with van der Waals surface area (Å²) in [5.41, 5.74) is 8.54. The van der Waals surface area contributed by atoms with Crippen molar-refractivity contribution < 1.29 is 4.79 Å². The molecular formula is C16H19N3O. The molecule has 0 unspecified atom stereocenters. The zero-order valence-electron chi connectivity index (χ0n) is 11.6. The fourth-order valence-corrected chi connectivity index (χ4v) is 1.98. The Hall–Kier alpha value is -2.36. The number of hydrogen-bond donors (Lipinski definition) is 1. The van der Waals surface area contributed by atoms with Crippen molar-refractivity contribution in [1.82, 2.24) is 9.88 Å². The molecule has 0 bridgehead atoms. The second-order valence-electron chi connectivity index (χ2n) is 4.84. The molecule has 4 heteroatoms. The first kappa shape index (κ1) is 14.1. The number of aromatic nitrogens is 1. The van der Waals surface area contributed by atoms with Crippen molar-refractivity contribution in [3.63, 3.8) is 0 Å². The molecule has 2 aromatic rings. The van der Waals surface area contributed by atoms with Crippen LogP contribution >= 0.6 is 0 Å². The van der Waals surface area contributed by atoms with E-state index in [1.807, 2.05) is 43.4 Å². The fourth-order valence-electron chi connectivity index (χ4n) is 1.98. The van der Waals surface area contributed by atoms with E-state index in [1.165, 1.54) is 5.56 Å². The van der Waals surface area contributed by atoms with Crippen LogP contribution in [-0.4, -0.2) is 29.4 Å². The Morgan fingerprint density at radius 1 is 1.20 bits per heavy atom. The van der Waals surface area contributed by atoms with Gasteiger partial charge in [0, 0.05) is 31.7 Å². The van der Waals surface area contributed by atoms with Crippen molar-refractivity contribution in [1.29, 1.82) is 0 Å². The van der Waals surface area contributed by atoms with Crippen LogP contribution in [0.2, 0.25) is 0 Å². The zero-order chi connectivity index (χ0) is 14.4. The number of rotatable bonds is 5. The maximum atomic E-state index is 12.1. The average molecular weight is 269 g/mol. The topological polar surface area (TPSA) is 59.2 Å². The quantitative estimate of drug-likeness (QED) is 0.843. The number of benzene rings is 1. The van der Waals surface area contributed by atoms with E-state index in [9.17, 15) is 4.79 Å². The molecule has 0 aliphatic heterocycles. The van der Waals surface area contributed by atoms with Gasteiger partial charge in [-0.05, 0) is 41.8 Å². The van der Waals surface area contributed by atoms with Crippen molar-refractivity contribution >= 4 is 11.6 Å². The van der Waals surface area contributed by atoms with Crippen molar-refractivity contribution in [3.8, 4) is 0 Å². The highest BCUT2D eigenvalue weighted by molar-refractivity contribution is 5.78. The summed E-state index contributed by atoms with van der Waals surface area (Å²) in [6, 6.07) is 11.4. The third kappa shape index (κ3) is 4.09. The Balaban J connectivity index is 1.86. The molecule has 0 aliphatic carbocycles. The molecule has 0 saturated carbocycles. The van der Waals surface area contributed by atoms with Gasteiger partial charge in [0.05, 0.1) is 6.42 Å². The number of amides is 1. The van der Waals surface area contributed by atoms with E-state index >= 15 is 0 Å². The summed E-state index contributed by atoms with van der Waals surface area (Å²) in [5.74, 6) is 0.102. The summed E-state index contributed by atoms with van der Waals surface area (Å²) >= 11 is 0. The highest BCUT2D eigenvalue weighted by Crippen LogP contribution is 2.08. The standard InChI is InChI=1S/C16H19N3O/c1-19(10-7-13-5-8-18-9-6-13)16(20)12-14-3-2-4-15(17)11-14/h2-6,8-9,11H,7,10,12,17H2,1H3. The molecule has 2 rings (SSSR count). The Labute approximate surface area is 119 Å². The summed E-state index contributed by atoms with van der Waals surface area (Å²) in [4.78, 5) is 17.9. The van der Waals surface area contributed by atoms with Crippen molar-refractivity contribution in [2.24, 2.45) is 0 Å². The minimum absolute atomic E-state index is 0.102. The molecule has 0 aliphatic rings. The van der Waals surface area contributed by atoms with Crippen molar-refractivity contribution in [2.75, 3.05) is 19.3 Å². The number of likely N-dealkylation sites (N-methyl/N-ethyl adjacent to an activating group) is 1. The molecule has 0 spiro atoms. The van der Waals surface area contributed by atoms with E-state index in [4.69, 9.17) is 5.73 Å². The molecule has 20 heavy (non-hydrogen) atoms. The van der Waals surface area contributed by atoms with Gasteiger partial charge in [0.25, 0.3) is 0 Å². The molecule has 0 atom stereocenters. The van der Waals surface area contributed by atoms with Gasteiger partial charge in [0.2, 0.25) is 5.91 Å². The molecule has 0 saturated heterocycles. The van der Waals surface area contributed by atoms with Crippen LogP contribution in [0.5, 0.6) is 0 Å². The fraction of sp³-hybridized carbons (Fsp3) is 0.250. The number of pyridine rings is 1. The second-order valence-corrected chi connectivity index (χ2v) is 4.84. The van der Waals surface area contributed by atoms with Gasteiger partial charge < -0.3 is 10.6 Å². The smallest absolute Gasteiger partial charge is 0.226 e. The van der Waals surface area contributed by atoms with Gasteiger partial charge in [0.15, 0.2) is 0 Å². The van der Waals surface area contributed by atoms with Crippen LogP contribution in [0.1, 0.15) is 11.1 Å². The molecule has 1 heterocycles. The summed E-state index contributed by atoms with van der Waals surface area (Å²) in [6.45, 7) is 0.700. The van der Waals surface area contributed by atoms with E-state index in [0.29, 0.717) is 18.7 Å². The van der Waals surface area contributed by atoms with E-state index in [1.54, 1.807) is 17.3 Å². The van der Waals surface area contributed by atoms with Crippen LogP contribution in [0.15, 0.2) is 48.8 Å². The summed E-state index contributed by atoms with van der Waals surface area (Å²) in [5, 5.41) is 0. The normalized spacial score (nSPS) is 10.2. The van der Waals surface area contributed by atoms with Gasteiger partial charge in [-0.2, -0.15) is 0 Å². The number of hydrogen-bond acceptors (Lipinski definition) is 3. The lowest BCUT2D eigenvalue weighted by molar-refractivity contribution is -0.129. The lowest BCUT2D eigenvalue weighted by Crippen LogP contribution is -2.30. The maximum Gasteiger partial charge on any atom is 0.226 e. The number of anilines is 1. The lowest BCUT2D eigenvalue weighted by atomic mass is 10.1. The van der Waals surface area contributed by atoms with Crippen LogP contribution < -0.4 is 5.73 Å². The first-order valence-corrected chi connectivity index (χ1v) is 6.62. The molecule has 1 aromatic heterocycles. The van der Waals surface area contributed by atoms with Gasteiger partial charge in [-0.1, -0.05) is 12.1 Å². The number of carbonyl (C=O) groups is 1. The predicted octanol–water partition coefficient (Wildman–Crippen LogP) is 1.91. The molecule has 0 fully saturated rings. The van der Waals surface area contributed by atoms with Crippen LogP contribution in [0.25, 0.3) is 0 Å². The van der Waals surface area contributed by atoms with Gasteiger partial charge in [-0.3, -0.25) is 9.78 Å². The number of nitrogens with zero attached hydrogens (tertiary/aromatic N) is 2. The molecule has 4 nitrogen and oxygen atoms in total. The first-order chi connectivity index (χ1) is 9.65. The number of carbonyl (C=O) groups excluding carboxylic acids is 1. The van der Waals surface area contributed by atoms with Crippen LogP contribution in [0, 0.1) is 0 Å². The molecule has 2 N–H and O–H groups in total. The van der Waals surface area contributed by atoms with E-state index in [0.717, 1.165) is 12.0 Å². The highest BCUT2D eigenvalue weighted by atomic mass is 16.2. The minimum atomic E-state index is 0.102. The number of nitrogens with two attached hydrogens (primary N) is 1. The number of nitrogen functional groups attached to an aromatic ring is 1. The third-order valence-corrected chi connectivity index (χ3v) is 3.22. The van der Waals surface area contributed by atoms with Gasteiger partial charge in [-0.15, -0.1) is 0 Å². The summed E-state index contributed by atoms with van der Waals surface area (Å²) in [6.07, 6.45) is 4.76. The Morgan fingerprint density at radius 3 is 2.65 bits per heavy atom. The average Bonchev–Trinajstić information content (AvgIpc) is 2.46. The van der Waals surface area contributed by atoms with Gasteiger partial charge in [0.1, 0.15) is 0 Å². The second kappa shape index (κ2) is 6.70. The molecular weight excluding hydrogens is 250 g/mol. The zero-order valence-corrected chi connectivity index (χ0v) is 11.6. The van der Waals surface area contributed by atoms with Crippen LogP contribution in [0.4, 0.5) is 5.69 Å². The van der Waals surface area contributed by atoms with E-state index < -0.39 is 0 Å². The molecule has 1 aromatic carbocycles. The molecule has 0 radical (unpaired) electrons. The molecule has 1 amide bonds. The van der Waals surface area contributed by atoms with E-state index in [-0.39, 0.29) is 5.91 Å². The SMILES string of the molecule is CN(CCc1ccncc1)C(=O)Cc1cccc(N)c1. The molecule has 104 valence electrons. The third-order valence-electron chi connectivity index (χ3n) is 3.22.